The van der Waals surface area contributed by atoms with Crippen LogP contribution in [-0.2, 0) is 0 Å². The molecule has 2 atom stereocenters. The molecule has 1 aliphatic heterocycles. The van der Waals surface area contributed by atoms with Gasteiger partial charge in [-0.15, -0.1) is 0 Å². The zero-order chi connectivity index (χ0) is 13.6. The number of hydrogen-bond donors (Lipinski definition) is 0. The molecule has 98 valence electrons. The number of aryl methyl sites for hydroxylation is 2. The summed E-state index contributed by atoms with van der Waals surface area (Å²) in [7, 11) is 3.96. The molecule has 3 nitrogen and oxygen atoms in total. The molecule has 0 aliphatic carbocycles. The second-order valence-corrected chi connectivity index (χ2v) is 5.46. The van der Waals surface area contributed by atoms with Gasteiger partial charge in [-0.2, -0.15) is 0 Å². The fourth-order valence-electron chi connectivity index (χ4n) is 2.51. The third-order valence-electron chi connectivity index (χ3n) is 4.46. The summed E-state index contributed by atoms with van der Waals surface area (Å²) in [6, 6.07) is 4.66. The SMILES string of the molecule is Cc1cc2c(cc1C)N(C)C(C)C(C)N(C)C2=O. The molecule has 1 aromatic rings. The minimum atomic E-state index is 0.122. The van der Waals surface area contributed by atoms with Crippen LogP contribution in [0.4, 0.5) is 5.69 Å². The maximum atomic E-state index is 12.5. The Labute approximate surface area is 109 Å². The molecule has 3 heteroatoms. The summed E-state index contributed by atoms with van der Waals surface area (Å²) in [6.07, 6.45) is 0. The van der Waals surface area contributed by atoms with Crippen LogP contribution >= 0.6 is 0 Å². The van der Waals surface area contributed by atoms with Crippen molar-refractivity contribution in [3.63, 3.8) is 0 Å². The molecule has 0 aromatic heterocycles. The molecule has 18 heavy (non-hydrogen) atoms. The third-order valence-corrected chi connectivity index (χ3v) is 4.46. The molecule has 0 radical (unpaired) electrons. The highest BCUT2D eigenvalue weighted by molar-refractivity contribution is 6.01. The minimum Gasteiger partial charge on any atom is -0.369 e. The molecule has 0 saturated carbocycles. The number of nitrogens with zero attached hydrogens (tertiary/aromatic N) is 2. The van der Waals surface area contributed by atoms with E-state index in [9.17, 15) is 4.79 Å². The van der Waals surface area contributed by atoms with Crippen LogP contribution in [0.1, 0.15) is 35.3 Å². The molecule has 0 bridgehead atoms. The highest BCUT2D eigenvalue weighted by atomic mass is 16.2. The van der Waals surface area contributed by atoms with Crippen LogP contribution < -0.4 is 4.90 Å². The van der Waals surface area contributed by atoms with Crippen LogP contribution in [0.25, 0.3) is 0 Å². The number of benzene rings is 1. The van der Waals surface area contributed by atoms with Gasteiger partial charge in [-0.25, -0.2) is 0 Å². The van der Waals surface area contributed by atoms with Gasteiger partial charge in [-0.1, -0.05) is 0 Å². The topological polar surface area (TPSA) is 23.6 Å². The molecule has 0 fully saturated rings. The predicted octanol–water partition coefficient (Wildman–Crippen LogP) is 2.60. The van der Waals surface area contributed by atoms with E-state index in [1.165, 1.54) is 11.1 Å². The summed E-state index contributed by atoms with van der Waals surface area (Å²) in [5, 5.41) is 0. The summed E-state index contributed by atoms with van der Waals surface area (Å²) in [5.41, 5.74) is 4.27. The molecule has 0 N–H and O–H groups in total. The van der Waals surface area contributed by atoms with Crippen LogP contribution in [0.15, 0.2) is 12.1 Å². The second-order valence-electron chi connectivity index (χ2n) is 5.46. The van der Waals surface area contributed by atoms with E-state index in [1.54, 1.807) is 0 Å². The number of anilines is 1. The standard InChI is InChI=1S/C15H22N2O/c1-9-7-13-14(8-10(9)2)16(5)11(3)12(4)17(6)15(13)18/h7-8,11-12H,1-6H3. The van der Waals surface area contributed by atoms with E-state index in [0.717, 1.165) is 11.3 Å². The van der Waals surface area contributed by atoms with E-state index in [1.807, 2.05) is 18.0 Å². The summed E-state index contributed by atoms with van der Waals surface area (Å²) in [4.78, 5) is 16.6. The molecular formula is C15H22N2O. The zero-order valence-corrected chi connectivity index (χ0v) is 12.1. The Balaban J connectivity index is 2.66. The molecule has 1 heterocycles. The smallest absolute Gasteiger partial charge is 0.256 e. The van der Waals surface area contributed by atoms with E-state index in [0.29, 0.717) is 6.04 Å². The van der Waals surface area contributed by atoms with Crippen molar-refractivity contribution in [3.05, 3.63) is 28.8 Å². The van der Waals surface area contributed by atoms with Gasteiger partial charge in [0.2, 0.25) is 0 Å². The quantitative estimate of drug-likeness (QED) is 0.702. The Morgan fingerprint density at radius 1 is 0.944 bits per heavy atom. The number of amides is 1. The zero-order valence-electron chi connectivity index (χ0n) is 12.1. The van der Waals surface area contributed by atoms with Crippen molar-refractivity contribution in [2.24, 2.45) is 0 Å². The maximum absolute atomic E-state index is 12.5. The highest BCUT2D eigenvalue weighted by Gasteiger charge is 2.32. The molecule has 1 aromatic carbocycles. The van der Waals surface area contributed by atoms with Crippen molar-refractivity contribution in [3.8, 4) is 0 Å². The average Bonchev–Trinajstić information content (AvgIpc) is 2.40. The lowest BCUT2D eigenvalue weighted by atomic mass is 10.0. The Morgan fingerprint density at radius 3 is 2.06 bits per heavy atom. The van der Waals surface area contributed by atoms with Gasteiger partial charge in [0, 0.05) is 31.9 Å². The molecule has 0 saturated heterocycles. The minimum absolute atomic E-state index is 0.122. The first-order valence-electron chi connectivity index (χ1n) is 6.45. The van der Waals surface area contributed by atoms with Gasteiger partial charge in [-0.3, -0.25) is 4.79 Å². The summed E-state index contributed by atoms with van der Waals surface area (Å²) < 4.78 is 0. The summed E-state index contributed by atoms with van der Waals surface area (Å²) >= 11 is 0. The molecule has 2 rings (SSSR count). The van der Waals surface area contributed by atoms with E-state index >= 15 is 0 Å². The van der Waals surface area contributed by atoms with Crippen LogP contribution in [0.5, 0.6) is 0 Å². The molecule has 2 unspecified atom stereocenters. The number of carbonyl (C=O) groups is 1. The number of fused-ring (bicyclic) bond motifs is 1. The molecule has 1 amide bonds. The number of rotatable bonds is 0. The highest BCUT2D eigenvalue weighted by Crippen LogP contribution is 2.31. The summed E-state index contributed by atoms with van der Waals surface area (Å²) in [6.45, 7) is 8.42. The van der Waals surface area contributed by atoms with Crippen molar-refractivity contribution in [1.29, 1.82) is 0 Å². The first kappa shape index (κ1) is 12.9. The Hall–Kier alpha value is -1.51. The van der Waals surface area contributed by atoms with Crippen LogP contribution in [-0.4, -0.2) is 37.0 Å². The monoisotopic (exact) mass is 246 g/mol. The normalized spacial score (nSPS) is 24.0. The molecular weight excluding hydrogens is 224 g/mol. The molecule has 0 spiro atoms. The van der Waals surface area contributed by atoms with E-state index < -0.39 is 0 Å². The third kappa shape index (κ3) is 1.78. The van der Waals surface area contributed by atoms with Crippen LogP contribution in [0.3, 0.4) is 0 Å². The average molecular weight is 246 g/mol. The van der Waals surface area contributed by atoms with Crippen molar-refractivity contribution in [1.82, 2.24) is 4.90 Å². The van der Waals surface area contributed by atoms with Gasteiger partial charge in [0.25, 0.3) is 5.91 Å². The van der Waals surface area contributed by atoms with Gasteiger partial charge in [0.15, 0.2) is 0 Å². The van der Waals surface area contributed by atoms with Crippen molar-refractivity contribution >= 4 is 11.6 Å². The molecule has 1 aliphatic rings. The summed E-state index contributed by atoms with van der Waals surface area (Å²) in [5.74, 6) is 0.122. The Kier molecular flexibility index (Phi) is 3.09. The van der Waals surface area contributed by atoms with Gasteiger partial charge in [0.1, 0.15) is 0 Å². The number of likely N-dealkylation sites (N-methyl/N-ethyl adjacent to an activating group) is 2. The van der Waals surface area contributed by atoms with Gasteiger partial charge in [-0.05, 0) is 51.0 Å². The largest absolute Gasteiger partial charge is 0.369 e. The van der Waals surface area contributed by atoms with E-state index in [4.69, 9.17) is 0 Å². The predicted molar refractivity (Wildman–Crippen MR) is 75.3 cm³/mol. The number of hydrogen-bond acceptors (Lipinski definition) is 2. The second kappa shape index (κ2) is 4.30. The lowest BCUT2D eigenvalue weighted by Crippen LogP contribution is -2.45. The van der Waals surface area contributed by atoms with E-state index in [-0.39, 0.29) is 11.9 Å². The van der Waals surface area contributed by atoms with E-state index in [2.05, 4.69) is 45.7 Å². The fourth-order valence-corrected chi connectivity index (χ4v) is 2.51. The van der Waals surface area contributed by atoms with Gasteiger partial charge in [0.05, 0.1) is 5.56 Å². The first-order chi connectivity index (χ1) is 8.34. The van der Waals surface area contributed by atoms with Crippen LogP contribution in [0, 0.1) is 13.8 Å². The van der Waals surface area contributed by atoms with Crippen molar-refractivity contribution in [2.75, 3.05) is 19.0 Å². The first-order valence-corrected chi connectivity index (χ1v) is 6.45. The Bertz CT molecular complexity index is 496. The Morgan fingerprint density at radius 2 is 1.44 bits per heavy atom. The maximum Gasteiger partial charge on any atom is 0.256 e. The lowest BCUT2D eigenvalue weighted by molar-refractivity contribution is 0.0738. The van der Waals surface area contributed by atoms with Crippen LogP contribution in [0.2, 0.25) is 0 Å². The van der Waals surface area contributed by atoms with Crippen molar-refractivity contribution in [2.45, 2.75) is 39.8 Å². The van der Waals surface area contributed by atoms with Gasteiger partial charge >= 0.3 is 0 Å². The number of carbonyl (C=O) groups excluding carboxylic acids is 1. The van der Waals surface area contributed by atoms with Gasteiger partial charge < -0.3 is 9.80 Å². The lowest BCUT2D eigenvalue weighted by Gasteiger charge is -2.32. The fraction of sp³-hybridized carbons (Fsp3) is 0.533. The van der Waals surface area contributed by atoms with Crippen molar-refractivity contribution < 1.29 is 4.79 Å².